The average molecular weight is 263 g/mol. The second-order valence-electron chi connectivity index (χ2n) is 4.62. The van der Waals surface area contributed by atoms with Crippen molar-refractivity contribution in [2.75, 3.05) is 26.2 Å². The highest BCUT2D eigenvalue weighted by Gasteiger charge is 2.21. The van der Waals surface area contributed by atoms with Crippen LogP contribution in [0, 0.1) is 6.92 Å². The van der Waals surface area contributed by atoms with E-state index in [1.807, 2.05) is 19.1 Å². The molecule has 0 saturated heterocycles. The fraction of sp³-hybridized carbons (Fsp3) is 0.533. The Balaban J connectivity index is 2.87. The molecule has 0 aliphatic carbocycles. The second kappa shape index (κ2) is 7.92. The van der Waals surface area contributed by atoms with Gasteiger partial charge in [-0.25, -0.2) is 0 Å². The molecule has 0 radical (unpaired) electrons. The van der Waals surface area contributed by atoms with E-state index in [9.17, 15) is 4.79 Å². The van der Waals surface area contributed by atoms with Crippen LogP contribution < -0.4 is 11.1 Å². The first-order chi connectivity index (χ1) is 9.13. The molecule has 0 aliphatic heterocycles. The van der Waals surface area contributed by atoms with Crippen molar-refractivity contribution in [3.05, 3.63) is 35.4 Å². The Morgan fingerprint density at radius 2 is 2.05 bits per heavy atom. The molecule has 0 aromatic heterocycles. The first-order valence-electron chi connectivity index (χ1n) is 6.90. The third-order valence-corrected chi connectivity index (χ3v) is 3.34. The highest BCUT2D eigenvalue weighted by atomic mass is 16.2. The molecule has 0 heterocycles. The first kappa shape index (κ1) is 15.7. The summed E-state index contributed by atoms with van der Waals surface area (Å²) < 4.78 is 0. The van der Waals surface area contributed by atoms with Crippen LogP contribution in [0.1, 0.15) is 31.0 Å². The highest BCUT2D eigenvalue weighted by Crippen LogP contribution is 2.22. The van der Waals surface area contributed by atoms with Gasteiger partial charge in [-0.1, -0.05) is 31.2 Å². The molecule has 1 rings (SSSR count). The molecule has 0 bridgehead atoms. The molecule has 1 aromatic rings. The Hall–Kier alpha value is -1.39. The molecule has 3 N–H and O–H groups in total. The van der Waals surface area contributed by atoms with Crippen molar-refractivity contribution < 1.29 is 4.79 Å². The van der Waals surface area contributed by atoms with Crippen molar-refractivity contribution in [1.82, 2.24) is 10.2 Å². The predicted octanol–water partition coefficient (Wildman–Crippen LogP) is 1.45. The molecule has 19 heavy (non-hydrogen) atoms. The van der Waals surface area contributed by atoms with E-state index in [2.05, 4.69) is 36.2 Å². The molecule has 4 nitrogen and oxygen atoms in total. The monoisotopic (exact) mass is 263 g/mol. The van der Waals surface area contributed by atoms with Crippen molar-refractivity contribution in [3.63, 3.8) is 0 Å². The van der Waals surface area contributed by atoms with Gasteiger partial charge in [0.05, 0.1) is 6.54 Å². The van der Waals surface area contributed by atoms with E-state index in [0.717, 1.165) is 6.54 Å². The number of hydrogen-bond donors (Lipinski definition) is 2. The number of nitrogens with zero attached hydrogens (tertiary/aromatic N) is 1. The zero-order valence-corrected chi connectivity index (χ0v) is 12.1. The van der Waals surface area contributed by atoms with Gasteiger partial charge >= 0.3 is 0 Å². The van der Waals surface area contributed by atoms with Crippen LogP contribution >= 0.6 is 0 Å². The Labute approximate surface area is 116 Å². The van der Waals surface area contributed by atoms with E-state index >= 15 is 0 Å². The Morgan fingerprint density at radius 1 is 1.37 bits per heavy atom. The number of carbonyl (C=O) groups is 1. The third kappa shape index (κ3) is 4.33. The fourth-order valence-corrected chi connectivity index (χ4v) is 2.31. The summed E-state index contributed by atoms with van der Waals surface area (Å²) in [7, 11) is 0. The van der Waals surface area contributed by atoms with Gasteiger partial charge in [0.25, 0.3) is 0 Å². The lowest BCUT2D eigenvalue weighted by molar-refractivity contribution is -0.122. The zero-order valence-electron chi connectivity index (χ0n) is 12.1. The minimum Gasteiger partial charge on any atom is -0.355 e. The maximum Gasteiger partial charge on any atom is 0.234 e. The molecule has 106 valence electrons. The minimum atomic E-state index is 0.0522. The number of likely N-dealkylation sites (N-methyl/N-ethyl adjacent to an activating group) is 2. The summed E-state index contributed by atoms with van der Waals surface area (Å²) in [4.78, 5) is 13.9. The molecule has 1 unspecified atom stereocenters. The van der Waals surface area contributed by atoms with Crippen LogP contribution in [0.25, 0.3) is 0 Å². The smallest absolute Gasteiger partial charge is 0.234 e. The van der Waals surface area contributed by atoms with Gasteiger partial charge in [-0.3, -0.25) is 9.69 Å². The maximum atomic E-state index is 11.8. The van der Waals surface area contributed by atoms with E-state index < -0.39 is 0 Å². The van der Waals surface area contributed by atoms with Gasteiger partial charge in [0.15, 0.2) is 0 Å². The minimum absolute atomic E-state index is 0.0522. The number of nitrogens with two attached hydrogens (primary N) is 1. The van der Waals surface area contributed by atoms with Gasteiger partial charge in [-0.2, -0.15) is 0 Å². The lowest BCUT2D eigenvalue weighted by Gasteiger charge is -2.30. The number of amides is 1. The Bertz CT molecular complexity index is 406. The lowest BCUT2D eigenvalue weighted by Crippen LogP contribution is -2.41. The van der Waals surface area contributed by atoms with Crippen molar-refractivity contribution >= 4 is 5.91 Å². The molecule has 4 heteroatoms. The van der Waals surface area contributed by atoms with Crippen LogP contribution in [0.3, 0.4) is 0 Å². The molecule has 1 atom stereocenters. The van der Waals surface area contributed by atoms with Gasteiger partial charge < -0.3 is 11.1 Å². The van der Waals surface area contributed by atoms with Crippen molar-refractivity contribution in [1.29, 1.82) is 0 Å². The number of nitrogens with one attached hydrogen (secondary N) is 1. The van der Waals surface area contributed by atoms with Crippen molar-refractivity contribution in [3.8, 4) is 0 Å². The van der Waals surface area contributed by atoms with Crippen LogP contribution in [0.2, 0.25) is 0 Å². The van der Waals surface area contributed by atoms with Gasteiger partial charge in [-0.05, 0) is 31.5 Å². The average Bonchev–Trinajstić information content (AvgIpc) is 2.40. The van der Waals surface area contributed by atoms with E-state index in [-0.39, 0.29) is 11.9 Å². The molecule has 1 aromatic carbocycles. The third-order valence-electron chi connectivity index (χ3n) is 3.34. The molecular weight excluding hydrogens is 238 g/mol. The summed E-state index contributed by atoms with van der Waals surface area (Å²) in [6.45, 7) is 8.42. The number of aryl methyl sites for hydroxylation is 1. The number of benzene rings is 1. The number of hydrogen-bond acceptors (Lipinski definition) is 3. The predicted molar refractivity (Wildman–Crippen MR) is 78.9 cm³/mol. The Morgan fingerprint density at radius 3 is 2.58 bits per heavy atom. The SMILES string of the molecule is CCNC(=O)CN(CC)C(CN)c1ccccc1C. The van der Waals surface area contributed by atoms with Crippen molar-refractivity contribution in [2.24, 2.45) is 5.73 Å². The van der Waals surface area contributed by atoms with E-state index in [4.69, 9.17) is 5.73 Å². The molecule has 0 spiro atoms. The molecule has 0 saturated carbocycles. The highest BCUT2D eigenvalue weighted by molar-refractivity contribution is 5.78. The van der Waals surface area contributed by atoms with Crippen LogP contribution in [-0.4, -0.2) is 37.0 Å². The van der Waals surface area contributed by atoms with E-state index in [1.165, 1.54) is 11.1 Å². The Kier molecular flexibility index (Phi) is 6.53. The van der Waals surface area contributed by atoms with E-state index in [1.54, 1.807) is 0 Å². The van der Waals surface area contributed by atoms with Crippen LogP contribution in [0.4, 0.5) is 0 Å². The molecule has 0 aliphatic rings. The number of carbonyl (C=O) groups excluding carboxylic acids is 1. The molecular formula is C15H25N3O. The molecule has 1 amide bonds. The van der Waals surface area contributed by atoms with Gasteiger partial charge in [0.2, 0.25) is 5.91 Å². The van der Waals surface area contributed by atoms with Gasteiger partial charge in [0.1, 0.15) is 0 Å². The lowest BCUT2D eigenvalue weighted by atomic mass is 10.00. The maximum absolute atomic E-state index is 11.8. The molecule has 0 fully saturated rings. The zero-order chi connectivity index (χ0) is 14.3. The summed E-state index contributed by atoms with van der Waals surface area (Å²) in [6.07, 6.45) is 0. The summed E-state index contributed by atoms with van der Waals surface area (Å²) in [5.74, 6) is 0.0522. The van der Waals surface area contributed by atoms with Crippen molar-refractivity contribution in [2.45, 2.75) is 26.8 Å². The number of rotatable bonds is 7. The summed E-state index contributed by atoms with van der Waals surface area (Å²) >= 11 is 0. The van der Waals surface area contributed by atoms with Gasteiger partial charge in [-0.15, -0.1) is 0 Å². The van der Waals surface area contributed by atoms with Crippen LogP contribution in [-0.2, 0) is 4.79 Å². The standard InChI is InChI=1S/C15H25N3O/c1-4-17-15(19)11-18(5-2)14(10-16)13-9-7-6-8-12(13)3/h6-9,14H,4-5,10-11,16H2,1-3H3,(H,17,19). The normalized spacial score (nSPS) is 12.5. The second-order valence-corrected chi connectivity index (χ2v) is 4.62. The quantitative estimate of drug-likeness (QED) is 0.783. The fourth-order valence-electron chi connectivity index (χ4n) is 2.31. The topological polar surface area (TPSA) is 58.4 Å². The largest absolute Gasteiger partial charge is 0.355 e. The van der Waals surface area contributed by atoms with Gasteiger partial charge in [0, 0.05) is 19.1 Å². The van der Waals surface area contributed by atoms with Crippen LogP contribution in [0.15, 0.2) is 24.3 Å². The first-order valence-corrected chi connectivity index (χ1v) is 6.90. The van der Waals surface area contributed by atoms with E-state index in [0.29, 0.717) is 19.6 Å². The van der Waals surface area contributed by atoms with Crippen LogP contribution in [0.5, 0.6) is 0 Å². The summed E-state index contributed by atoms with van der Waals surface area (Å²) in [5.41, 5.74) is 8.35. The summed E-state index contributed by atoms with van der Waals surface area (Å²) in [5, 5.41) is 2.83. The summed E-state index contributed by atoms with van der Waals surface area (Å²) in [6, 6.07) is 8.30.